The van der Waals surface area contributed by atoms with Crippen molar-refractivity contribution in [2.75, 3.05) is 0 Å². The van der Waals surface area contributed by atoms with Gasteiger partial charge < -0.3 is 18.6 Å². The maximum atomic E-state index is 6.13. The van der Waals surface area contributed by atoms with Crippen molar-refractivity contribution in [3.05, 3.63) is 0 Å². The van der Waals surface area contributed by atoms with E-state index >= 15 is 0 Å². The number of rotatable bonds is 2. The van der Waals surface area contributed by atoms with E-state index in [9.17, 15) is 0 Å². The molecule has 32 heavy (non-hydrogen) atoms. The summed E-state index contributed by atoms with van der Waals surface area (Å²) in [5, 5.41) is 0. The number of hydrogen-bond donors (Lipinski definition) is 0. The van der Waals surface area contributed by atoms with Crippen molar-refractivity contribution in [2.24, 2.45) is 11.8 Å². The van der Waals surface area contributed by atoms with Crippen LogP contribution in [0, 0.1) is 11.8 Å². The lowest BCUT2D eigenvalue weighted by Crippen LogP contribution is -2.41. The fraction of sp³-hybridized carbons (Fsp3) is 1.00. The Hall–Kier alpha value is -0.0301. The van der Waals surface area contributed by atoms with Gasteiger partial charge in [-0.3, -0.25) is 0 Å². The summed E-state index contributed by atoms with van der Waals surface area (Å²) in [5.41, 5.74) is -0.668. The van der Waals surface area contributed by atoms with E-state index < -0.39 is 0 Å². The molecule has 0 aromatic heterocycles. The highest BCUT2D eigenvalue weighted by Gasteiger charge is 2.54. The van der Waals surface area contributed by atoms with Crippen LogP contribution >= 0.6 is 0 Å². The highest BCUT2D eigenvalue weighted by Crippen LogP contribution is 2.46. The van der Waals surface area contributed by atoms with Crippen LogP contribution in [0.25, 0.3) is 0 Å². The molecule has 4 fully saturated rings. The molecule has 0 spiro atoms. The first kappa shape index (κ1) is 26.6. The molecule has 0 amide bonds. The van der Waals surface area contributed by atoms with Gasteiger partial charge in [-0.2, -0.15) is 0 Å². The molecule has 0 aromatic carbocycles. The smallest absolute Gasteiger partial charge is 0.403 e. The Morgan fingerprint density at radius 3 is 1.31 bits per heavy atom. The van der Waals surface area contributed by atoms with E-state index in [1.807, 2.05) is 0 Å². The van der Waals surface area contributed by atoms with E-state index in [4.69, 9.17) is 18.6 Å². The molecule has 2 atom stereocenters. The number of hydrogen-bond acceptors (Lipinski definition) is 4. The van der Waals surface area contributed by atoms with Crippen molar-refractivity contribution in [1.29, 1.82) is 0 Å². The van der Waals surface area contributed by atoms with Crippen molar-refractivity contribution < 1.29 is 18.6 Å². The van der Waals surface area contributed by atoms with Crippen molar-refractivity contribution in [3.8, 4) is 0 Å². The third-order valence-electron chi connectivity index (χ3n) is 9.35. The van der Waals surface area contributed by atoms with Crippen LogP contribution < -0.4 is 0 Å². The minimum Gasteiger partial charge on any atom is -0.403 e. The highest BCUT2D eigenvalue weighted by atomic mass is 16.7. The van der Waals surface area contributed by atoms with Crippen LogP contribution in [-0.4, -0.2) is 36.6 Å². The van der Waals surface area contributed by atoms with Crippen LogP contribution in [0.5, 0.6) is 0 Å². The standard InChI is InChI=1S/2C13H25BO2/c1-10-6-8-11(9-7-10)14-15-12(2,3)13(4,5)16-14;1-10-7-6-8-11(9-10)14-15-12(2,3)13(4,5)16-14/h2*10-11H,6-9H2,1-5H3. The summed E-state index contributed by atoms with van der Waals surface area (Å²) in [7, 11) is 0.0465. The molecule has 2 saturated heterocycles. The van der Waals surface area contributed by atoms with Gasteiger partial charge in [0, 0.05) is 0 Å². The lowest BCUT2D eigenvalue weighted by atomic mass is 9.62. The average molecular weight is 448 g/mol. The van der Waals surface area contributed by atoms with Crippen LogP contribution in [0.1, 0.15) is 121 Å². The van der Waals surface area contributed by atoms with Gasteiger partial charge in [-0.1, -0.05) is 58.8 Å². The summed E-state index contributed by atoms with van der Waals surface area (Å²) in [6.45, 7) is 21.8. The van der Waals surface area contributed by atoms with E-state index in [1.165, 1.54) is 51.4 Å². The molecule has 0 aromatic rings. The Morgan fingerprint density at radius 1 is 0.500 bits per heavy atom. The summed E-state index contributed by atoms with van der Waals surface area (Å²) in [6.07, 6.45) is 10.4. The van der Waals surface area contributed by atoms with Crippen molar-refractivity contribution >= 4 is 14.2 Å². The molecular weight excluding hydrogens is 398 g/mol. The molecule has 184 valence electrons. The second-order valence-corrected chi connectivity index (χ2v) is 13.3. The lowest BCUT2D eigenvalue weighted by Gasteiger charge is -2.32. The van der Waals surface area contributed by atoms with Crippen LogP contribution in [0.4, 0.5) is 0 Å². The second kappa shape index (κ2) is 9.55. The maximum Gasteiger partial charge on any atom is 0.461 e. The van der Waals surface area contributed by atoms with Gasteiger partial charge >= 0.3 is 14.2 Å². The molecule has 6 heteroatoms. The Bertz CT molecular complexity index is 593. The van der Waals surface area contributed by atoms with Gasteiger partial charge in [0.25, 0.3) is 0 Å². The molecule has 0 radical (unpaired) electrons. The highest BCUT2D eigenvalue weighted by molar-refractivity contribution is 6.47. The summed E-state index contributed by atoms with van der Waals surface area (Å²) in [6, 6.07) is 0. The fourth-order valence-electron chi connectivity index (χ4n) is 5.45. The SMILES string of the molecule is CC1CCC(B2OC(C)(C)C(C)(C)O2)CC1.CC1CCCC(B2OC(C)(C)C(C)(C)O2)C1. The van der Waals surface area contributed by atoms with Crippen LogP contribution in [0.3, 0.4) is 0 Å². The van der Waals surface area contributed by atoms with Gasteiger partial charge in [0.2, 0.25) is 0 Å². The first-order valence-corrected chi connectivity index (χ1v) is 13.3. The van der Waals surface area contributed by atoms with Crippen molar-refractivity contribution in [3.63, 3.8) is 0 Å². The molecule has 2 unspecified atom stereocenters. The zero-order valence-electron chi connectivity index (χ0n) is 22.8. The molecule has 2 heterocycles. The third-order valence-corrected chi connectivity index (χ3v) is 9.35. The first-order valence-electron chi connectivity index (χ1n) is 13.3. The molecule has 4 nitrogen and oxygen atoms in total. The molecule has 2 aliphatic carbocycles. The predicted molar refractivity (Wildman–Crippen MR) is 135 cm³/mol. The Kier molecular flexibility index (Phi) is 7.93. The molecule has 0 N–H and O–H groups in total. The van der Waals surface area contributed by atoms with Gasteiger partial charge in [-0.15, -0.1) is 0 Å². The van der Waals surface area contributed by atoms with Crippen molar-refractivity contribution in [1.82, 2.24) is 0 Å². The van der Waals surface area contributed by atoms with E-state index in [1.54, 1.807) is 0 Å². The van der Waals surface area contributed by atoms with E-state index in [2.05, 4.69) is 69.2 Å². The van der Waals surface area contributed by atoms with Gasteiger partial charge in [0.05, 0.1) is 22.4 Å². The molecular formula is C26H50B2O4. The molecule has 4 aliphatic rings. The Labute approximate surface area is 199 Å². The van der Waals surface area contributed by atoms with Gasteiger partial charge in [0.15, 0.2) is 0 Å². The average Bonchev–Trinajstić information content (AvgIpc) is 3.02. The summed E-state index contributed by atoms with van der Waals surface area (Å²) < 4.78 is 24.5. The minimum absolute atomic E-state index is 0.0211. The summed E-state index contributed by atoms with van der Waals surface area (Å²) >= 11 is 0. The topological polar surface area (TPSA) is 36.9 Å². The molecule has 0 bridgehead atoms. The maximum absolute atomic E-state index is 6.13. The predicted octanol–water partition coefficient (Wildman–Crippen LogP) is 7.32. The minimum atomic E-state index is -0.168. The molecule has 2 saturated carbocycles. The van der Waals surface area contributed by atoms with Gasteiger partial charge in [0.1, 0.15) is 0 Å². The van der Waals surface area contributed by atoms with Crippen LogP contribution in [0.2, 0.25) is 11.6 Å². The fourth-order valence-corrected chi connectivity index (χ4v) is 5.45. The van der Waals surface area contributed by atoms with Crippen LogP contribution in [0.15, 0.2) is 0 Å². The lowest BCUT2D eigenvalue weighted by molar-refractivity contribution is 0.00578. The summed E-state index contributed by atoms with van der Waals surface area (Å²) in [5.74, 6) is 2.93. The van der Waals surface area contributed by atoms with Gasteiger partial charge in [-0.25, -0.2) is 0 Å². The Morgan fingerprint density at radius 2 is 0.906 bits per heavy atom. The first-order chi connectivity index (χ1) is 14.6. The van der Waals surface area contributed by atoms with Gasteiger partial charge in [-0.05, 0) is 85.3 Å². The third kappa shape index (κ3) is 5.78. The molecule has 4 rings (SSSR count). The summed E-state index contributed by atoms with van der Waals surface area (Å²) in [4.78, 5) is 0. The normalized spacial score (nSPS) is 37.7. The molecule has 2 aliphatic heterocycles. The van der Waals surface area contributed by atoms with E-state index in [0.29, 0.717) is 11.6 Å². The monoisotopic (exact) mass is 448 g/mol. The van der Waals surface area contributed by atoms with Crippen molar-refractivity contribution in [2.45, 2.75) is 155 Å². The zero-order chi connectivity index (χ0) is 23.9. The quantitative estimate of drug-likeness (QED) is 0.415. The largest absolute Gasteiger partial charge is 0.461 e. The van der Waals surface area contributed by atoms with E-state index in [-0.39, 0.29) is 36.6 Å². The Balaban J connectivity index is 0.000000181. The second-order valence-electron chi connectivity index (χ2n) is 13.3. The zero-order valence-corrected chi connectivity index (χ0v) is 22.8. The van der Waals surface area contributed by atoms with E-state index in [0.717, 1.165) is 11.8 Å². The van der Waals surface area contributed by atoms with Crippen LogP contribution in [-0.2, 0) is 18.6 Å².